The zero-order valence-corrected chi connectivity index (χ0v) is 17.6. The number of Topliss-reactive ketones (excluding diaryl/α,β-unsaturated/α-hetero) is 2. The van der Waals surface area contributed by atoms with Gasteiger partial charge in [-0.15, -0.1) is 0 Å². The highest BCUT2D eigenvalue weighted by Gasteiger charge is 2.72. The third-order valence-electron chi connectivity index (χ3n) is 7.49. The molecule has 0 aromatic heterocycles. The van der Waals surface area contributed by atoms with Crippen LogP contribution in [0.4, 0.5) is 4.79 Å². The van der Waals surface area contributed by atoms with Crippen LogP contribution in [0.3, 0.4) is 0 Å². The number of nitrogens with zero attached hydrogens (tertiary/aromatic N) is 1. The molecular formula is C21H28N4O6. The maximum atomic E-state index is 13.7. The molecule has 10 nitrogen and oxygen atoms in total. The summed E-state index contributed by atoms with van der Waals surface area (Å²) in [5.41, 5.74) is 5.38. The Labute approximate surface area is 179 Å². The fraction of sp³-hybridized carbons (Fsp3) is 0.667. The van der Waals surface area contributed by atoms with Gasteiger partial charge in [0, 0.05) is 30.8 Å². The second-order valence-corrected chi connectivity index (χ2v) is 9.02. The summed E-state index contributed by atoms with van der Waals surface area (Å²) < 4.78 is 11.1. The van der Waals surface area contributed by atoms with Crippen molar-refractivity contribution in [2.24, 2.45) is 11.7 Å². The van der Waals surface area contributed by atoms with Crippen molar-refractivity contribution in [3.05, 3.63) is 22.5 Å². The maximum absolute atomic E-state index is 13.7. The van der Waals surface area contributed by atoms with Crippen molar-refractivity contribution in [3.63, 3.8) is 0 Å². The largest absolute Gasteiger partial charge is 0.449 e. The first-order valence-corrected chi connectivity index (χ1v) is 10.8. The third-order valence-corrected chi connectivity index (χ3v) is 7.49. The molecule has 0 aromatic rings. The minimum absolute atomic E-state index is 0.0814. The number of allylic oxidation sites excluding steroid dienone is 2. The highest BCUT2D eigenvalue weighted by atomic mass is 16.6. The smallest absolute Gasteiger partial charge is 0.404 e. The number of aliphatic hydroxyl groups is 1. The van der Waals surface area contributed by atoms with E-state index in [0.717, 1.165) is 19.3 Å². The van der Waals surface area contributed by atoms with Gasteiger partial charge < -0.3 is 35.8 Å². The first kappa shape index (κ1) is 20.5. The number of hydrogen-bond acceptors (Lipinski definition) is 9. The van der Waals surface area contributed by atoms with Crippen molar-refractivity contribution in [2.45, 2.75) is 62.6 Å². The van der Waals surface area contributed by atoms with Crippen LogP contribution in [0.25, 0.3) is 0 Å². The van der Waals surface area contributed by atoms with Crippen molar-refractivity contribution in [1.82, 2.24) is 15.5 Å². The molecule has 3 aliphatic heterocycles. The SMILES string of the molecule is CO[C@@]12[C@H](COC(N)=O)C3=C(C(=O)C(C)=C(N[C@H]4CCCC[C@H]4O)C3=O)N1C[C@@H]1N[C@@H]12. The van der Waals surface area contributed by atoms with Crippen LogP contribution in [0.15, 0.2) is 22.5 Å². The lowest BCUT2D eigenvalue weighted by Crippen LogP contribution is -2.55. The molecule has 0 aromatic carbocycles. The van der Waals surface area contributed by atoms with Gasteiger partial charge in [-0.3, -0.25) is 9.59 Å². The molecule has 0 radical (unpaired) electrons. The molecule has 3 heterocycles. The second-order valence-electron chi connectivity index (χ2n) is 9.02. The lowest BCUT2D eigenvalue weighted by atomic mass is 9.82. The summed E-state index contributed by atoms with van der Waals surface area (Å²) in [6, 6.07) is -0.221. The van der Waals surface area contributed by atoms with Gasteiger partial charge in [-0.1, -0.05) is 12.8 Å². The van der Waals surface area contributed by atoms with Crippen molar-refractivity contribution < 1.29 is 29.0 Å². The lowest BCUT2D eigenvalue weighted by molar-refractivity contribution is -0.137. The summed E-state index contributed by atoms with van der Waals surface area (Å²) in [6.45, 7) is 2.00. The van der Waals surface area contributed by atoms with Gasteiger partial charge in [-0.05, 0) is 19.8 Å². The van der Waals surface area contributed by atoms with E-state index < -0.39 is 23.8 Å². The van der Waals surface area contributed by atoms with E-state index in [9.17, 15) is 19.5 Å². The quantitative estimate of drug-likeness (QED) is 0.326. The highest BCUT2D eigenvalue weighted by Crippen LogP contribution is 2.55. The summed E-state index contributed by atoms with van der Waals surface area (Å²) >= 11 is 0. The molecule has 5 N–H and O–H groups in total. The predicted molar refractivity (Wildman–Crippen MR) is 107 cm³/mol. The number of nitrogens with two attached hydrogens (primary N) is 1. The molecule has 5 aliphatic rings. The topological polar surface area (TPSA) is 153 Å². The Morgan fingerprint density at radius 3 is 2.74 bits per heavy atom. The van der Waals surface area contributed by atoms with E-state index in [1.807, 2.05) is 4.90 Å². The van der Waals surface area contributed by atoms with Crippen molar-refractivity contribution in [3.8, 4) is 0 Å². The van der Waals surface area contributed by atoms with Crippen LogP contribution in [-0.2, 0) is 19.1 Å². The predicted octanol–water partition coefficient (Wildman–Crippen LogP) is -0.717. The molecule has 2 saturated heterocycles. The number of piperazine rings is 1. The van der Waals surface area contributed by atoms with Crippen LogP contribution >= 0.6 is 0 Å². The molecule has 0 unspecified atom stereocenters. The van der Waals surface area contributed by atoms with Gasteiger partial charge in [0.15, 0.2) is 5.72 Å². The monoisotopic (exact) mass is 432 g/mol. The average molecular weight is 432 g/mol. The first-order valence-electron chi connectivity index (χ1n) is 10.8. The lowest BCUT2D eigenvalue weighted by Gasteiger charge is -2.39. The Balaban J connectivity index is 1.53. The van der Waals surface area contributed by atoms with Crippen molar-refractivity contribution in [2.75, 3.05) is 20.3 Å². The van der Waals surface area contributed by atoms with E-state index >= 15 is 0 Å². The number of methoxy groups -OCH3 is 1. The van der Waals surface area contributed by atoms with Gasteiger partial charge >= 0.3 is 6.09 Å². The minimum atomic E-state index is -0.990. The van der Waals surface area contributed by atoms with E-state index in [-0.39, 0.29) is 42.0 Å². The Morgan fingerprint density at radius 2 is 2.06 bits per heavy atom. The number of fused-ring (bicyclic) bond motifs is 4. The Hall–Kier alpha value is -2.43. The number of hydrogen-bond donors (Lipinski definition) is 4. The summed E-state index contributed by atoms with van der Waals surface area (Å²) in [5, 5.41) is 16.9. The standard InChI is InChI=1S/C21H28N4O6/c1-9-15(23-11-5-3-4-6-13(11)26)18(28)14-10(8-31-20(22)29)21(30-2)19-12(24-19)7-25(21)16(14)17(9)27/h10-13,19,23-24,26H,3-8H2,1-2H3,(H2,22,29)/t10-,11+,12+,13-,19+,21-/m1/s1. The molecular weight excluding hydrogens is 404 g/mol. The summed E-state index contributed by atoms with van der Waals surface area (Å²) in [7, 11) is 1.54. The van der Waals surface area contributed by atoms with Gasteiger partial charge in [0.1, 0.15) is 6.61 Å². The van der Waals surface area contributed by atoms with Crippen molar-refractivity contribution >= 4 is 17.7 Å². The van der Waals surface area contributed by atoms with Crippen LogP contribution in [0.2, 0.25) is 0 Å². The Kier molecular flexibility index (Phi) is 4.65. The summed E-state index contributed by atoms with van der Waals surface area (Å²) in [4.78, 5) is 40.4. The van der Waals surface area contributed by atoms with E-state index in [1.54, 1.807) is 6.92 Å². The molecule has 5 rings (SSSR count). The van der Waals surface area contributed by atoms with Crippen LogP contribution in [0, 0.1) is 5.92 Å². The van der Waals surface area contributed by atoms with Gasteiger partial charge in [-0.25, -0.2) is 4.79 Å². The Morgan fingerprint density at radius 1 is 1.32 bits per heavy atom. The van der Waals surface area contributed by atoms with E-state index in [0.29, 0.717) is 29.8 Å². The summed E-state index contributed by atoms with van der Waals surface area (Å²) in [5.74, 6) is -1.22. The minimum Gasteiger partial charge on any atom is -0.449 e. The highest BCUT2D eigenvalue weighted by molar-refractivity contribution is 6.25. The number of carbonyl (C=O) groups is 3. The number of primary amides is 1. The van der Waals surface area contributed by atoms with Crippen molar-refractivity contribution in [1.29, 1.82) is 0 Å². The number of carbonyl (C=O) groups excluding carboxylic acids is 3. The van der Waals surface area contributed by atoms with Crippen LogP contribution < -0.4 is 16.4 Å². The fourth-order valence-corrected chi connectivity index (χ4v) is 5.93. The molecule has 1 saturated carbocycles. The van der Waals surface area contributed by atoms with Gasteiger partial charge in [0.25, 0.3) is 0 Å². The van der Waals surface area contributed by atoms with E-state index in [2.05, 4.69) is 10.6 Å². The summed E-state index contributed by atoms with van der Waals surface area (Å²) in [6.07, 6.45) is 1.74. The Bertz CT molecular complexity index is 929. The molecule has 1 amide bonds. The number of nitrogens with one attached hydrogen (secondary N) is 2. The molecule has 0 bridgehead atoms. The van der Waals surface area contributed by atoms with Gasteiger partial charge in [0.2, 0.25) is 11.6 Å². The second kappa shape index (κ2) is 7.04. The van der Waals surface area contributed by atoms with Gasteiger partial charge in [0.05, 0.1) is 35.5 Å². The van der Waals surface area contributed by atoms with Gasteiger partial charge in [-0.2, -0.15) is 0 Å². The molecule has 31 heavy (non-hydrogen) atoms. The number of ketones is 2. The normalized spacial score (nSPS) is 38.8. The number of rotatable bonds is 5. The number of aliphatic hydroxyl groups excluding tert-OH is 1. The zero-order chi connectivity index (χ0) is 22.1. The fourth-order valence-electron chi connectivity index (χ4n) is 5.93. The van der Waals surface area contributed by atoms with E-state index in [1.165, 1.54) is 7.11 Å². The first-order chi connectivity index (χ1) is 14.8. The number of amides is 1. The molecule has 6 atom stereocenters. The van der Waals surface area contributed by atoms with Crippen LogP contribution in [-0.4, -0.2) is 77.9 Å². The third kappa shape index (κ3) is 2.78. The molecule has 3 fully saturated rings. The average Bonchev–Trinajstić information content (AvgIpc) is 3.35. The number of ether oxygens (including phenoxy) is 2. The molecule has 168 valence electrons. The van der Waals surface area contributed by atoms with Crippen LogP contribution in [0.1, 0.15) is 32.6 Å². The van der Waals surface area contributed by atoms with E-state index in [4.69, 9.17) is 15.2 Å². The van der Waals surface area contributed by atoms with Crippen LogP contribution in [0.5, 0.6) is 0 Å². The molecule has 10 heteroatoms. The molecule has 2 aliphatic carbocycles. The molecule has 0 spiro atoms. The maximum Gasteiger partial charge on any atom is 0.404 e. The zero-order valence-electron chi connectivity index (χ0n) is 17.6.